The van der Waals surface area contributed by atoms with Gasteiger partial charge in [0.15, 0.2) is 9.84 Å². The van der Waals surface area contributed by atoms with Crippen LogP contribution in [-0.4, -0.2) is 96.0 Å². The van der Waals surface area contributed by atoms with E-state index in [2.05, 4.69) is 10.2 Å². The third-order valence-corrected chi connectivity index (χ3v) is 9.36. The molecule has 0 bridgehead atoms. The Morgan fingerprint density at radius 3 is 2.62 bits per heavy atom. The van der Waals surface area contributed by atoms with Gasteiger partial charge in [-0.15, -0.1) is 0 Å². The van der Waals surface area contributed by atoms with E-state index in [-0.39, 0.29) is 41.0 Å². The van der Waals surface area contributed by atoms with E-state index in [0.29, 0.717) is 31.9 Å². The van der Waals surface area contributed by atoms with Crippen LogP contribution in [0.2, 0.25) is 0 Å². The Balaban J connectivity index is 1.85. The summed E-state index contributed by atoms with van der Waals surface area (Å²) in [7, 11) is -5.85. The van der Waals surface area contributed by atoms with Crippen molar-refractivity contribution in [2.75, 3.05) is 63.3 Å². The SMILES string of the molecule is COc1ccc(S(=O)(=O)N(CCCN2CCOCC2)[C@@H]2CCS(=O)(=O)C2)cc1NC(C)=O. The molecule has 2 aliphatic rings. The average molecular weight is 490 g/mol. The molecule has 0 aliphatic carbocycles. The maximum absolute atomic E-state index is 13.6. The summed E-state index contributed by atoms with van der Waals surface area (Å²) in [6.07, 6.45) is 0.846. The van der Waals surface area contributed by atoms with Gasteiger partial charge in [-0.2, -0.15) is 4.31 Å². The van der Waals surface area contributed by atoms with E-state index in [0.717, 1.165) is 13.1 Å². The molecule has 0 spiro atoms. The first-order chi connectivity index (χ1) is 15.1. The molecule has 0 saturated carbocycles. The normalized spacial score (nSPS) is 21.5. The Morgan fingerprint density at radius 1 is 1.31 bits per heavy atom. The second kappa shape index (κ2) is 10.5. The summed E-state index contributed by atoms with van der Waals surface area (Å²) >= 11 is 0. The Hall–Kier alpha value is -1.73. The molecule has 1 atom stereocenters. The quantitative estimate of drug-likeness (QED) is 0.534. The van der Waals surface area contributed by atoms with Gasteiger partial charge in [-0.1, -0.05) is 0 Å². The van der Waals surface area contributed by atoms with Crippen molar-refractivity contribution in [2.24, 2.45) is 0 Å². The molecule has 3 rings (SSSR count). The van der Waals surface area contributed by atoms with E-state index in [1.807, 2.05) is 0 Å². The van der Waals surface area contributed by atoms with Crippen molar-refractivity contribution in [3.63, 3.8) is 0 Å². The zero-order chi connectivity index (χ0) is 23.4. The number of anilines is 1. The third-order valence-electron chi connectivity index (χ3n) is 5.66. The van der Waals surface area contributed by atoms with Crippen molar-refractivity contribution in [2.45, 2.75) is 30.7 Å². The molecular formula is C20H31N3O7S2. The van der Waals surface area contributed by atoms with E-state index >= 15 is 0 Å². The number of rotatable bonds is 9. The summed E-state index contributed by atoms with van der Waals surface area (Å²) in [4.78, 5) is 13.7. The largest absolute Gasteiger partial charge is 0.495 e. The predicted molar refractivity (Wildman–Crippen MR) is 120 cm³/mol. The molecule has 180 valence electrons. The van der Waals surface area contributed by atoms with Gasteiger partial charge in [0.05, 0.1) is 42.4 Å². The van der Waals surface area contributed by atoms with Crippen LogP contribution >= 0.6 is 0 Å². The summed E-state index contributed by atoms with van der Waals surface area (Å²) in [5, 5.41) is 2.58. The van der Waals surface area contributed by atoms with Crippen LogP contribution in [0.5, 0.6) is 5.75 Å². The number of hydrogen-bond donors (Lipinski definition) is 1. The van der Waals surface area contributed by atoms with Crippen molar-refractivity contribution >= 4 is 31.5 Å². The number of ether oxygens (including phenoxy) is 2. The van der Waals surface area contributed by atoms with Crippen molar-refractivity contribution < 1.29 is 31.1 Å². The van der Waals surface area contributed by atoms with Crippen LogP contribution in [0.1, 0.15) is 19.8 Å². The molecule has 2 saturated heterocycles. The fourth-order valence-electron chi connectivity index (χ4n) is 4.05. The highest BCUT2D eigenvalue weighted by atomic mass is 32.2. The monoisotopic (exact) mass is 489 g/mol. The molecule has 1 aromatic carbocycles. The first kappa shape index (κ1) is 24.9. The lowest BCUT2D eigenvalue weighted by molar-refractivity contribution is -0.114. The van der Waals surface area contributed by atoms with Gasteiger partial charge in [0.25, 0.3) is 0 Å². The molecule has 2 aliphatic heterocycles. The number of sulfonamides is 1. The predicted octanol–water partition coefficient (Wildman–Crippen LogP) is 0.554. The van der Waals surface area contributed by atoms with Crippen LogP contribution in [0.4, 0.5) is 5.69 Å². The maximum atomic E-state index is 13.6. The van der Waals surface area contributed by atoms with E-state index in [1.165, 1.54) is 36.5 Å². The van der Waals surface area contributed by atoms with Gasteiger partial charge in [0.2, 0.25) is 15.9 Å². The number of morpholine rings is 1. The summed E-state index contributed by atoms with van der Waals surface area (Å²) in [6, 6.07) is 3.64. The van der Waals surface area contributed by atoms with Gasteiger partial charge in [-0.3, -0.25) is 9.69 Å². The standard InChI is InChI=1S/C20H31N3O7S2/c1-16(24)21-19-14-18(4-5-20(19)29-2)32(27,28)23(17-6-13-31(25,26)15-17)8-3-7-22-9-11-30-12-10-22/h4-5,14,17H,3,6-13,15H2,1-2H3,(H,21,24)/t17-/m1/s1. The molecular weight excluding hydrogens is 458 g/mol. The Kier molecular flexibility index (Phi) is 8.15. The van der Waals surface area contributed by atoms with Crippen LogP contribution in [0.25, 0.3) is 0 Å². The number of nitrogens with one attached hydrogen (secondary N) is 1. The van der Waals surface area contributed by atoms with Crippen LogP contribution in [0, 0.1) is 0 Å². The molecule has 10 nitrogen and oxygen atoms in total. The second-order valence-corrected chi connectivity index (χ2v) is 12.1. The van der Waals surface area contributed by atoms with Gasteiger partial charge in [0.1, 0.15) is 5.75 Å². The number of sulfone groups is 1. The van der Waals surface area contributed by atoms with E-state index in [4.69, 9.17) is 9.47 Å². The number of amides is 1. The van der Waals surface area contributed by atoms with Crippen LogP contribution in [0.15, 0.2) is 23.1 Å². The molecule has 12 heteroatoms. The fraction of sp³-hybridized carbons (Fsp3) is 0.650. The third kappa shape index (κ3) is 6.19. The lowest BCUT2D eigenvalue weighted by atomic mass is 10.2. The van der Waals surface area contributed by atoms with Crippen molar-refractivity contribution in [3.8, 4) is 5.75 Å². The molecule has 32 heavy (non-hydrogen) atoms. The van der Waals surface area contributed by atoms with Gasteiger partial charge in [0, 0.05) is 32.6 Å². The summed E-state index contributed by atoms with van der Waals surface area (Å²) in [6.45, 7) is 5.13. The molecule has 1 amide bonds. The van der Waals surface area contributed by atoms with Crippen molar-refractivity contribution in [3.05, 3.63) is 18.2 Å². The lowest BCUT2D eigenvalue weighted by Crippen LogP contribution is -2.43. The zero-order valence-corrected chi connectivity index (χ0v) is 20.1. The molecule has 0 radical (unpaired) electrons. The summed E-state index contributed by atoms with van der Waals surface area (Å²) in [5.41, 5.74) is 0.244. The highest BCUT2D eigenvalue weighted by molar-refractivity contribution is 7.92. The van der Waals surface area contributed by atoms with Crippen molar-refractivity contribution in [1.82, 2.24) is 9.21 Å². The Morgan fingerprint density at radius 2 is 2.03 bits per heavy atom. The van der Waals surface area contributed by atoms with Gasteiger partial charge < -0.3 is 14.8 Å². The maximum Gasteiger partial charge on any atom is 0.243 e. The number of nitrogens with zero attached hydrogens (tertiary/aromatic N) is 2. The van der Waals surface area contributed by atoms with E-state index in [9.17, 15) is 21.6 Å². The zero-order valence-electron chi connectivity index (χ0n) is 18.4. The van der Waals surface area contributed by atoms with Gasteiger partial charge >= 0.3 is 0 Å². The van der Waals surface area contributed by atoms with E-state index in [1.54, 1.807) is 0 Å². The van der Waals surface area contributed by atoms with Crippen LogP contribution < -0.4 is 10.1 Å². The molecule has 1 aromatic rings. The highest BCUT2D eigenvalue weighted by Crippen LogP contribution is 2.31. The Labute approximate surface area is 189 Å². The van der Waals surface area contributed by atoms with Crippen LogP contribution in [0.3, 0.4) is 0 Å². The second-order valence-electron chi connectivity index (χ2n) is 8.02. The minimum atomic E-state index is -4.00. The fourth-order valence-corrected chi connectivity index (χ4v) is 7.59. The molecule has 2 fully saturated rings. The van der Waals surface area contributed by atoms with Gasteiger partial charge in [-0.05, 0) is 37.6 Å². The summed E-state index contributed by atoms with van der Waals surface area (Å²) < 4.78 is 63.2. The van der Waals surface area contributed by atoms with Crippen molar-refractivity contribution in [1.29, 1.82) is 0 Å². The number of benzene rings is 1. The first-order valence-electron chi connectivity index (χ1n) is 10.6. The number of carbonyl (C=O) groups is 1. The smallest absolute Gasteiger partial charge is 0.243 e. The van der Waals surface area contributed by atoms with E-state index < -0.39 is 25.9 Å². The first-order valence-corrected chi connectivity index (χ1v) is 13.9. The Bertz CT molecular complexity index is 1020. The minimum absolute atomic E-state index is 0.0160. The lowest BCUT2D eigenvalue weighted by Gasteiger charge is -2.30. The number of hydrogen-bond acceptors (Lipinski definition) is 8. The molecule has 0 unspecified atom stereocenters. The highest BCUT2D eigenvalue weighted by Gasteiger charge is 2.38. The van der Waals surface area contributed by atoms with Gasteiger partial charge in [-0.25, -0.2) is 16.8 Å². The average Bonchev–Trinajstić information content (AvgIpc) is 3.10. The minimum Gasteiger partial charge on any atom is -0.495 e. The molecule has 1 N–H and O–H groups in total. The summed E-state index contributed by atoms with van der Waals surface area (Å²) in [5.74, 6) is -0.227. The molecule has 0 aromatic heterocycles. The topological polar surface area (TPSA) is 122 Å². The molecule has 2 heterocycles. The number of methoxy groups -OCH3 is 1. The number of carbonyl (C=O) groups excluding carboxylic acids is 1. The van der Waals surface area contributed by atoms with Crippen LogP contribution in [-0.2, 0) is 29.4 Å².